The van der Waals surface area contributed by atoms with Crippen LogP contribution in [0.15, 0.2) is 71.3 Å². The molecular formula is C24H17BrClNO6. The molecule has 33 heavy (non-hydrogen) atoms. The number of Topliss-reactive ketones (excluding diaryl/α,β-unsaturated/α-hetero) is 1. The predicted molar refractivity (Wildman–Crippen MR) is 121 cm³/mol. The van der Waals surface area contributed by atoms with Crippen molar-refractivity contribution in [2.24, 2.45) is 5.92 Å². The Morgan fingerprint density at radius 1 is 1.18 bits per heavy atom. The number of carbonyl (C=O) groups excluding carboxylic acids is 1. The molecule has 168 valence electrons. The number of hydrogen-bond acceptors (Lipinski definition) is 6. The molecule has 1 fully saturated rings. The first-order valence-electron chi connectivity index (χ1n) is 10.0. The molecule has 2 aromatic carbocycles. The van der Waals surface area contributed by atoms with Gasteiger partial charge in [-0.1, -0.05) is 70.0 Å². The Kier molecular flexibility index (Phi) is 5.29. The number of ketones is 1. The quantitative estimate of drug-likeness (QED) is 0.292. The van der Waals surface area contributed by atoms with Crippen LogP contribution in [-0.2, 0) is 25.5 Å². The van der Waals surface area contributed by atoms with Gasteiger partial charge in [-0.15, -0.1) is 0 Å². The maximum Gasteiger partial charge on any atom is 0.314 e. The van der Waals surface area contributed by atoms with Gasteiger partial charge in [-0.3, -0.25) is 9.59 Å². The van der Waals surface area contributed by atoms with E-state index in [0.29, 0.717) is 11.1 Å². The number of aliphatic carboxylic acids is 1. The summed E-state index contributed by atoms with van der Waals surface area (Å²) in [6.07, 6.45) is 1.35. The Morgan fingerprint density at radius 2 is 1.88 bits per heavy atom. The number of ether oxygens (including phenoxy) is 2. The second-order valence-electron chi connectivity index (χ2n) is 7.87. The normalized spacial score (nSPS) is 27.7. The third-order valence-electron chi connectivity index (χ3n) is 6.39. The summed E-state index contributed by atoms with van der Waals surface area (Å²) >= 11 is 9.53. The van der Waals surface area contributed by atoms with Gasteiger partial charge in [0, 0.05) is 16.7 Å². The first-order chi connectivity index (χ1) is 15.9. The third-order valence-corrected chi connectivity index (χ3v) is 7.12. The van der Waals surface area contributed by atoms with Crippen LogP contribution in [0, 0.1) is 5.92 Å². The summed E-state index contributed by atoms with van der Waals surface area (Å²) in [5, 5.41) is 20.3. The van der Waals surface area contributed by atoms with E-state index < -0.39 is 41.6 Å². The number of carboxylic acid groups (broad SMARTS) is 1. The summed E-state index contributed by atoms with van der Waals surface area (Å²) in [5.41, 5.74) is -2.30. The van der Waals surface area contributed by atoms with E-state index in [0.717, 1.165) is 4.47 Å². The molecular weight excluding hydrogens is 514 g/mol. The number of rotatable bonds is 5. The number of carbonyl (C=O) groups is 2. The fourth-order valence-corrected chi connectivity index (χ4v) is 5.66. The summed E-state index contributed by atoms with van der Waals surface area (Å²) in [5.74, 6) is -4.30. The molecule has 0 saturated heterocycles. The van der Waals surface area contributed by atoms with E-state index in [1.54, 1.807) is 54.6 Å². The molecule has 2 N–H and O–H groups in total. The van der Waals surface area contributed by atoms with Crippen molar-refractivity contribution in [3.63, 3.8) is 0 Å². The summed E-state index contributed by atoms with van der Waals surface area (Å²) in [4.78, 5) is 30.7. The number of nitrogens with zero attached hydrogens (tertiary/aromatic N) is 1. The molecule has 3 aromatic rings. The summed E-state index contributed by atoms with van der Waals surface area (Å²) in [6.45, 7) is -0.844. The van der Waals surface area contributed by atoms with Gasteiger partial charge < -0.3 is 19.7 Å². The van der Waals surface area contributed by atoms with Crippen molar-refractivity contribution >= 4 is 39.3 Å². The number of benzene rings is 2. The number of aromatic nitrogens is 1. The molecule has 2 heterocycles. The topological polar surface area (TPSA) is 106 Å². The van der Waals surface area contributed by atoms with Gasteiger partial charge in [0.1, 0.15) is 23.6 Å². The molecule has 2 aliphatic rings. The zero-order valence-electron chi connectivity index (χ0n) is 16.9. The number of fused-ring (bicyclic) bond motifs is 3. The maximum atomic E-state index is 14.1. The molecule has 1 aliphatic carbocycles. The Bertz CT molecular complexity index is 1250. The van der Waals surface area contributed by atoms with E-state index in [1.165, 1.54) is 12.3 Å². The molecule has 0 unspecified atom stereocenters. The monoisotopic (exact) mass is 529 g/mol. The van der Waals surface area contributed by atoms with Gasteiger partial charge in [0.05, 0.1) is 11.5 Å². The van der Waals surface area contributed by atoms with Crippen LogP contribution in [0.5, 0.6) is 5.75 Å². The second-order valence-corrected chi connectivity index (χ2v) is 9.17. The van der Waals surface area contributed by atoms with Crippen LogP contribution >= 0.6 is 27.5 Å². The standard InChI is InChI=1S/C24H17BrClNO6/c25-15-8-6-14(7-9-15)23-20(13-4-2-1-3-5-13)19(22(30)31)21(29)24(23,32-12-28)16-11-27-18(26)10-17(16)33-23/h1-11,19-20,28H,12H2,(H,30,31)/t19-,20-,23+,24+/m1/s1. The van der Waals surface area contributed by atoms with Crippen LogP contribution in [-0.4, -0.2) is 33.7 Å². The Balaban J connectivity index is 1.92. The number of halogens is 2. The average Bonchev–Trinajstić information content (AvgIpc) is 3.19. The number of pyridine rings is 1. The van der Waals surface area contributed by atoms with Crippen molar-refractivity contribution in [1.82, 2.24) is 4.98 Å². The maximum absolute atomic E-state index is 14.1. The van der Waals surface area contributed by atoms with Crippen LogP contribution in [0.1, 0.15) is 22.6 Å². The predicted octanol–water partition coefficient (Wildman–Crippen LogP) is 4.01. The first kappa shape index (κ1) is 22.0. The molecule has 0 bridgehead atoms. The molecule has 1 saturated carbocycles. The molecule has 5 rings (SSSR count). The Morgan fingerprint density at radius 3 is 2.52 bits per heavy atom. The van der Waals surface area contributed by atoms with Crippen LogP contribution in [0.3, 0.4) is 0 Å². The highest BCUT2D eigenvalue weighted by molar-refractivity contribution is 9.10. The minimum atomic E-state index is -1.97. The van der Waals surface area contributed by atoms with Gasteiger partial charge in [0.25, 0.3) is 0 Å². The highest BCUT2D eigenvalue weighted by Crippen LogP contribution is 2.68. The van der Waals surface area contributed by atoms with Crippen LogP contribution in [0.25, 0.3) is 0 Å². The van der Waals surface area contributed by atoms with Crippen molar-refractivity contribution < 1.29 is 29.3 Å². The van der Waals surface area contributed by atoms with E-state index >= 15 is 0 Å². The lowest BCUT2D eigenvalue weighted by atomic mass is 9.71. The number of aliphatic hydroxyl groups excluding tert-OH is 1. The highest BCUT2D eigenvalue weighted by atomic mass is 79.9. The highest BCUT2D eigenvalue weighted by Gasteiger charge is 2.79. The number of hydrogen-bond donors (Lipinski definition) is 2. The third kappa shape index (κ3) is 2.91. The molecule has 0 radical (unpaired) electrons. The van der Waals surface area contributed by atoms with E-state index in [-0.39, 0.29) is 16.5 Å². The second kappa shape index (κ2) is 7.92. The van der Waals surface area contributed by atoms with Crippen molar-refractivity contribution in [1.29, 1.82) is 0 Å². The average molecular weight is 531 g/mol. The molecule has 1 aromatic heterocycles. The lowest BCUT2D eigenvalue weighted by Crippen LogP contribution is -2.52. The summed E-state index contributed by atoms with van der Waals surface area (Å²) in [6, 6.07) is 17.3. The van der Waals surface area contributed by atoms with E-state index in [2.05, 4.69) is 20.9 Å². The fraction of sp³-hybridized carbons (Fsp3) is 0.208. The largest absolute Gasteiger partial charge is 0.481 e. The Hall–Kier alpha value is -2.78. The van der Waals surface area contributed by atoms with Crippen molar-refractivity contribution in [2.45, 2.75) is 17.1 Å². The SMILES string of the molecule is O=C(O)[C@H]1C(=O)[C@@]2(OCO)c3cnc(Cl)cc3O[C@@]2(c2ccc(Br)cc2)[C@@H]1c1ccccc1. The van der Waals surface area contributed by atoms with Gasteiger partial charge >= 0.3 is 5.97 Å². The minimum absolute atomic E-state index is 0.136. The van der Waals surface area contributed by atoms with Crippen molar-refractivity contribution in [3.8, 4) is 5.75 Å². The molecule has 1 aliphatic heterocycles. The van der Waals surface area contributed by atoms with E-state index in [4.69, 9.17) is 21.1 Å². The van der Waals surface area contributed by atoms with Gasteiger partial charge in [0.15, 0.2) is 11.4 Å². The summed E-state index contributed by atoms with van der Waals surface area (Å²) in [7, 11) is 0. The molecule has 7 nitrogen and oxygen atoms in total. The van der Waals surface area contributed by atoms with Crippen molar-refractivity contribution in [3.05, 3.63) is 93.2 Å². The number of aliphatic hydroxyl groups is 1. The first-order valence-corrected chi connectivity index (χ1v) is 11.2. The van der Waals surface area contributed by atoms with Gasteiger partial charge in [-0.2, -0.15) is 0 Å². The van der Waals surface area contributed by atoms with Crippen molar-refractivity contribution in [2.75, 3.05) is 6.79 Å². The van der Waals surface area contributed by atoms with E-state index in [1.807, 2.05) is 0 Å². The molecule has 0 spiro atoms. The molecule has 4 atom stereocenters. The van der Waals surface area contributed by atoms with Crippen LogP contribution in [0.2, 0.25) is 5.15 Å². The van der Waals surface area contributed by atoms with E-state index in [9.17, 15) is 19.8 Å². The van der Waals surface area contributed by atoms with Crippen LogP contribution in [0.4, 0.5) is 0 Å². The molecule has 0 amide bonds. The lowest BCUT2D eigenvalue weighted by molar-refractivity contribution is -0.191. The Labute approximate surface area is 202 Å². The fourth-order valence-electron chi connectivity index (χ4n) is 5.24. The number of carboxylic acids is 1. The smallest absolute Gasteiger partial charge is 0.314 e. The minimum Gasteiger partial charge on any atom is -0.481 e. The van der Waals surface area contributed by atoms with Gasteiger partial charge in [0.2, 0.25) is 5.60 Å². The van der Waals surface area contributed by atoms with Gasteiger partial charge in [-0.05, 0) is 23.3 Å². The van der Waals surface area contributed by atoms with Crippen LogP contribution < -0.4 is 4.74 Å². The van der Waals surface area contributed by atoms with Gasteiger partial charge in [-0.25, -0.2) is 4.98 Å². The molecule has 9 heteroatoms. The lowest BCUT2D eigenvalue weighted by Gasteiger charge is -2.41. The zero-order chi connectivity index (χ0) is 23.4. The summed E-state index contributed by atoms with van der Waals surface area (Å²) < 4.78 is 13.2. The zero-order valence-corrected chi connectivity index (χ0v) is 19.3.